The Morgan fingerprint density at radius 1 is 1.11 bits per heavy atom. The molecule has 1 atom stereocenters. The number of anilines is 1. The van der Waals surface area contributed by atoms with Crippen LogP contribution in [0.25, 0.3) is 0 Å². The molecule has 2 aliphatic heterocycles. The number of hydrogen-bond acceptors (Lipinski definition) is 3. The van der Waals surface area contributed by atoms with E-state index in [9.17, 15) is 8.78 Å². The SMILES string of the molecule is Fc1ccc(N2CCN([C@H]3CCNC3)CC2)c(F)c1. The first-order valence-electron chi connectivity index (χ1n) is 6.89. The van der Waals surface area contributed by atoms with Crippen molar-refractivity contribution in [3.63, 3.8) is 0 Å². The lowest BCUT2D eigenvalue weighted by molar-refractivity contribution is 0.196. The van der Waals surface area contributed by atoms with Crippen LogP contribution in [0.1, 0.15) is 6.42 Å². The fraction of sp³-hybridized carbons (Fsp3) is 0.571. The van der Waals surface area contributed by atoms with Gasteiger partial charge in [0.25, 0.3) is 0 Å². The number of halogens is 2. The molecule has 0 unspecified atom stereocenters. The van der Waals surface area contributed by atoms with Crippen molar-refractivity contribution in [2.24, 2.45) is 0 Å². The topological polar surface area (TPSA) is 18.5 Å². The number of benzene rings is 1. The normalized spacial score (nSPS) is 24.9. The average molecular weight is 267 g/mol. The van der Waals surface area contributed by atoms with Gasteiger partial charge >= 0.3 is 0 Å². The molecule has 2 heterocycles. The van der Waals surface area contributed by atoms with Crippen molar-refractivity contribution >= 4 is 5.69 Å². The summed E-state index contributed by atoms with van der Waals surface area (Å²) in [7, 11) is 0. The molecule has 1 aromatic rings. The van der Waals surface area contributed by atoms with Crippen molar-refractivity contribution in [3.05, 3.63) is 29.8 Å². The van der Waals surface area contributed by atoms with Gasteiger partial charge in [-0.25, -0.2) is 8.78 Å². The van der Waals surface area contributed by atoms with Crippen molar-refractivity contribution < 1.29 is 8.78 Å². The van der Waals surface area contributed by atoms with Crippen LogP contribution in [0.5, 0.6) is 0 Å². The Bertz CT molecular complexity index is 438. The second-order valence-electron chi connectivity index (χ2n) is 5.27. The first kappa shape index (κ1) is 12.8. The minimum atomic E-state index is -0.517. The van der Waals surface area contributed by atoms with Crippen LogP contribution in [0, 0.1) is 11.6 Å². The van der Waals surface area contributed by atoms with Crippen molar-refractivity contribution in [2.45, 2.75) is 12.5 Å². The monoisotopic (exact) mass is 267 g/mol. The molecule has 2 fully saturated rings. The van der Waals surface area contributed by atoms with E-state index in [1.807, 2.05) is 4.90 Å². The average Bonchev–Trinajstić information content (AvgIpc) is 2.93. The lowest BCUT2D eigenvalue weighted by atomic mass is 10.1. The first-order valence-corrected chi connectivity index (χ1v) is 6.89. The molecule has 19 heavy (non-hydrogen) atoms. The fourth-order valence-electron chi connectivity index (χ4n) is 3.02. The predicted molar refractivity (Wildman–Crippen MR) is 71.4 cm³/mol. The molecular formula is C14H19F2N3. The van der Waals surface area contributed by atoms with Gasteiger partial charge in [0.05, 0.1) is 5.69 Å². The quantitative estimate of drug-likeness (QED) is 0.875. The van der Waals surface area contributed by atoms with Crippen LogP contribution in [0.15, 0.2) is 18.2 Å². The summed E-state index contributed by atoms with van der Waals surface area (Å²) < 4.78 is 26.6. The first-order chi connectivity index (χ1) is 9.24. The number of nitrogens with one attached hydrogen (secondary N) is 1. The van der Waals surface area contributed by atoms with Gasteiger partial charge in [-0.1, -0.05) is 0 Å². The Labute approximate surface area is 112 Å². The van der Waals surface area contributed by atoms with Gasteiger partial charge in [-0.15, -0.1) is 0 Å². The van der Waals surface area contributed by atoms with E-state index in [2.05, 4.69) is 10.2 Å². The highest BCUT2D eigenvalue weighted by Gasteiger charge is 2.26. The molecule has 2 saturated heterocycles. The summed E-state index contributed by atoms with van der Waals surface area (Å²) in [5.74, 6) is -0.979. The van der Waals surface area contributed by atoms with Crippen LogP contribution in [0.3, 0.4) is 0 Å². The standard InChI is InChI=1S/C14H19F2N3/c15-11-1-2-14(13(16)9-11)19-7-5-18(6-8-19)12-3-4-17-10-12/h1-2,9,12,17H,3-8,10H2/t12-/m0/s1. The molecule has 1 N–H and O–H groups in total. The Kier molecular flexibility index (Phi) is 3.66. The summed E-state index contributed by atoms with van der Waals surface area (Å²) in [6.07, 6.45) is 1.20. The van der Waals surface area contributed by atoms with Gasteiger partial charge in [0.1, 0.15) is 11.6 Å². The lowest BCUT2D eigenvalue weighted by Gasteiger charge is -2.39. The van der Waals surface area contributed by atoms with E-state index in [1.165, 1.54) is 18.6 Å². The van der Waals surface area contributed by atoms with Crippen molar-refractivity contribution in [3.8, 4) is 0 Å². The van der Waals surface area contributed by atoms with E-state index in [0.717, 1.165) is 45.3 Å². The minimum Gasteiger partial charge on any atom is -0.367 e. The molecule has 0 saturated carbocycles. The highest BCUT2D eigenvalue weighted by atomic mass is 19.1. The molecule has 0 aliphatic carbocycles. The number of hydrogen-bond donors (Lipinski definition) is 1. The number of rotatable bonds is 2. The van der Waals surface area contributed by atoms with Gasteiger partial charge in [0.2, 0.25) is 0 Å². The molecular weight excluding hydrogens is 248 g/mol. The smallest absolute Gasteiger partial charge is 0.149 e. The van der Waals surface area contributed by atoms with Crippen LogP contribution in [0.4, 0.5) is 14.5 Å². The maximum absolute atomic E-state index is 13.7. The van der Waals surface area contributed by atoms with Gasteiger partial charge in [-0.3, -0.25) is 4.90 Å². The summed E-state index contributed by atoms with van der Waals surface area (Å²) in [5.41, 5.74) is 0.519. The van der Waals surface area contributed by atoms with E-state index in [0.29, 0.717) is 11.7 Å². The van der Waals surface area contributed by atoms with E-state index in [-0.39, 0.29) is 0 Å². The third kappa shape index (κ3) is 2.72. The zero-order chi connectivity index (χ0) is 13.2. The molecule has 0 bridgehead atoms. The summed E-state index contributed by atoms with van der Waals surface area (Å²) in [4.78, 5) is 4.48. The van der Waals surface area contributed by atoms with E-state index >= 15 is 0 Å². The second kappa shape index (κ2) is 5.43. The van der Waals surface area contributed by atoms with Gasteiger partial charge in [0, 0.05) is 44.8 Å². The molecule has 5 heteroatoms. The molecule has 0 aromatic heterocycles. The second-order valence-corrected chi connectivity index (χ2v) is 5.27. The van der Waals surface area contributed by atoms with Crippen LogP contribution < -0.4 is 10.2 Å². The number of nitrogens with zero attached hydrogens (tertiary/aromatic N) is 2. The third-order valence-corrected chi connectivity index (χ3v) is 4.12. The van der Waals surface area contributed by atoms with E-state index in [1.54, 1.807) is 0 Å². The molecule has 0 amide bonds. The Hall–Kier alpha value is -1.20. The molecule has 0 spiro atoms. The summed E-state index contributed by atoms with van der Waals surface area (Å²) in [6, 6.07) is 4.45. The highest BCUT2D eigenvalue weighted by molar-refractivity contribution is 5.48. The van der Waals surface area contributed by atoms with Crippen LogP contribution in [-0.4, -0.2) is 50.2 Å². The Morgan fingerprint density at radius 2 is 1.89 bits per heavy atom. The van der Waals surface area contributed by atoms with Gasteiger partial charge in [-0.05, 0) is 25.1 Å². The van der Waals surface area contributed by atoms with E-state index in [4.69, 9.17) is 0 Å². The van der Waals surface area contributed by atoms with Gasteiger partial charge < -0.3 is 10.2 Å². The van der Waals surface area contributed by atoms with Gasteiger partial charge in [-0.2, -0.15) is 0 Å². The summed E-state index contributed by atoms with van der Waals surface area (Å²) >= 11 is 0. The van der Waals surface area contributed by atoms with Crippen LogP contribution >= 0.6 is 0 Å². The largest absolute Gasteiger partial charge is 0.367 e. The third-order valence-electron chi connectivity index (χ3n) is 4.12. The maximum atomic E-state index is 13.7. The molecule has 0 radical (unpaired) electrons. The van der Waals surface area contributed by atoms with Crippen LogP contribution in [0.2, 0.25) is 0 Å². The van der Waals surface area contributed by atoms with Gasteiger partial charge in [0.15, 0.2) is 0 Å². The highest BCUT2D eigenvalue weighted by Crippen LogP contribution is 2.22. The van der Waals surface area contributed by atoms with E-state index < -0.39 is 11.6 Å². The Morgan fingerprint density at radius 3 is 2.53 bits per heavy atom. The summed E-state index contributed by atoms with van der Waals surface area (Å²) in [5, 5.41) is 3.37. The lowest BCUT2D eigenvalue weighted by Crippen LogP contribution is -2.51. The zero-order valence-electron chi connectivity index (χ0n) is 10.9. The fourth-order valence-corrected chi connectivity index (χ4v) is 3.02. The Balaban J connectivity index is 1.63. The van der Waals surface area contributed by atoms with Crippen molar-refractivity contribution in [1.29, 1.82) is 0 Å². The number of piperazine rings is 1. The summed E-state index contributed by atoms with van der Waals surface area (Å²) in [6.45, 7) is 5.66. The maximum Gasteiger partial charge on any atom is 0.149 e. The molecule has 2 aliphatic rings. The molecule has 3 nitrogen and oxygen atoms in total. The minimum absolute atomic E-state index is 0.462. The predicted octanol–water partition coefficient (Wildman–Crippen LogP) is 1.45. The van der Waals surface area contributed by atoms with Crippen molar-refractivity contribution in [1.82, 2.24) is 10.2 Å². The molecule has 3 rings (SSSR count). The molecule has 1 aromatic carbocycles. The van der Waals surface area contributed by atoms with Crippen molar-refractivity contribution in [2.75, 3.05) is 44.2 Å². The van der Waals surface area contributed by atoms with Crippen LogP contribution in [-0.2, 0) is 0 Å². The zero-order valence-corrected chi connectivity index (χ0v) is 10.9. The molecule has 104 valence electrons.